The van der Waals surface area contributed by atoms with Crippen molar-refractivity contribution in [3.8, 4) is 22.3 Å². The average Bonchev–Trinajstić information content (AvgIpc) is 3.58. The third-order valence-electron chi connectivity index (χ3n) is 9.85. The topological polar surface area (TPSA) is 29.3 Å². The molecule has 3 heteroatoms. The second-order valence-electron chi connectivity index (χ2n) is 12.8. The first kappa shape index (κ1) is 28.3. The fraction of sp³-hybridized carbons (Fsp3) is 0. The Morgan fingerprint density at radius 2 is 1.04 bits per heavy atom. The van der Waals surface area contributed by atoms with Crippen LogP contribution in [0.15, 0.2) is 187 Å². The fourth-order valence-electron chi connectivity index (χ4n) is 7.45. The van der Waals surface area contributed by atoms with Crippen molar-refractivity contribution in [2.24, 2.45) is 0 Å². The van der Waals surface area contributed by atoms with Gasteiger partial charge in [-0.05, 0) is 92.3 Å². The first-order chi connectivity index (χ1) is 24.8. The third-order valence-corrected chi connectivity index (χ3v) is 9.85. The summed E-state index contributed by atoms with van der Waals surface area (Å²) in [6.45, 7) is 0. The number of hydrogen-bond donors (Lipinski definition) is 0. The largest absolute Gasteiger partial charge is 0.453 e. The fourth-order valence-corrected chi connectivity index (χ4v) is 7.45. The van der Waals surface area contributed by atoms with Crippen molar-refractivity contribution in [1.29, 1.82) is 0 Å². The highest BCUT2D eigenvalue weighted by Gasteiger charge is 2.21. The van der Waals surface area contributed by atoms with Crippen LogP contribution >= 0.6 is 0 Å². The normalized spacial score (nSPS) is 11.6. The van der Waals surface area contributed by atoms with Crippen LogP contribution in [0.5, 0.6) is 0 Å². The van der Waals surface area contributed by atoms with Crippen molar-refractivity contribution in [2.75, 3.05) is 4.90 Å². The van der Waals surface area contributed by atoms with Crippen molar-refractivity contribution < 1.29 is 4.42 Å². The highest BCUT2D eigenvalue weighted by Crippen LogP contribution is 2.45. The molecule has 0 aliphatic heterocycles. The smallest absolute Gasteiger partial charge is 0.159 e. The summed E-state index contributed by atoms with van der Waals surface area (Å²) in [5, 5.41) is 7.97. The van der Waals surface area contributed by atoms with Crippen LogP contribution in [0.4, 0.5) is 17.1 Å². The zero-order valence-corrected chi connectivity index (χ0v) is 27.1. The summed E-state index contributed by atoms with van der Waals surface area (Å²) in [4.78, 5) is 7.12. The van der Waals surface area contributed by atoms with E-state index in [1.807, 2.05) is 24.4 Å². The van der Waals surface area contributed by atoms with Gasteiger partial charge in [0.05, 0.1) is 11.2 Å². The minimum atomic E-state index is 0.826. The van der Waals surface area contributed by atoms with Crippen LogP contribution in [0, 0.1) is 0 Å². The lowest BCUT2D eigenvalue weighted by Crippen LogP contribution is -2.10. The van der Waals surface area contributed by atoms with E-state index in [1.165, 1.54) is 32.7 Å². The van der Waals surface area contributed by atoms with Gasteiger partial charge in [-0.15, -0.1) is 0 Å². The maximum atomic E-state index is 6.87. The Balaban J connectivity index is 1.21. The molecule has 234 valence electrons. The molecule has 8 aromatic carbocycles. The second-order valence-corrected chi connectivity index (χ2v) is 12.8. The van der Waals surface area contributed by atoms with E-state index in [2.05, 4.69) is 163 Å². The predicted octanol–water partition coefficient (Wildman–Crippen LogP) is 13.2. The van der Waals surface area contributed by atoms with E-state index in [1.54, 1.807) is 0 Å². The molecule has 2 aromatic heterocycles. The van der Waals surface area contributed by atoms with E-state index >= 15 is 0 Å². The van der Waals surface area contributed by atoms with Gasteiger partial charge in [0, 0.05) is 33.7 Å². The lowest BCUT2D eigenvalue weighted by atomic mass is 9.97. The molecule has 10 rings (SSSR count). The molecule has 0 amide bonds. The second kappa shape index (κ2) is 11.5. The standard InChI is InChI=1S/C47H30N2O/c1-2-13-33-27-35(26-25-31(33)11-1)34-15-7-17-37(28-34)49(38-18-8-16-36(29-38)40-21-9-14-32-12-3-4-19-39(32)40)45-24-10-22-41-43-30-48-44-23-6-5-20-42(44)46(43)50-47(41)45/h1-30H. The number of rotatable bonds is 5. The molecule has 0 radical (unpaired) electrons. The molecule has 0 saturated carbocycles. The highest BCUT2D eigenvalue weighted by molar-refractivity contribution is 6.16. The van der Waals surface area contributed by atoms with E-state index in [0.717, 1.165) is 61.0 Å². The van der Waals surface area contributed by atoms with Gasteiger partial charge in [-0.1, -0.05) is 127 Å². The van der Waals surface area contributed by atoms with Gasteiger partial charge in [0.15, 0.2) is 5.58 Å². The average molecular weight is 639 g/mol. The molecular formula is C47H30N2O. The lowest BCUT2D eigenvalue weighted by molar-refractivity contribution is 0.672. The number of nitrogens with zero attached hydrogens (tertiary/aromatic N) is 2. The van der Waals surface area contributed by atoms with Gasteiger partial charge in [0.1, 0.15) is 5.58 Å². The molecule has 0 atom stereocenters. The highest BCUT2D eigenvalue weighted by atomic mass is 16.3. The number of aromatic nitrogens is 1. The molecular weight excluding hydrogens is 609 g/mol. The van der Waals surface area contributed by atoms with Crippen molar-refractivity contribution in [3.05, 3.63) is 182 Å². The lowest BCUT2D eigenvalue weighted by Gasteiger charge is -2.26. The van der Waals surface area contributed by atoms with Crippen molar-refractivity contribution in [3.63, 3.8) is 0 Å². The molecule has 0 unspecified atom stereocenters. The van der Waals surface area contributed by atoms with Crippen LogP contribution in [-0.2, 0) is 0 Å². The third kappa shape index (κ3) is 4.63. The minimum absolute atomic E-state index is 0.826. The van der Waals surface area contributed by atoms with Crippen molar-refractivity contribution in [1.82, 2.24) is 4.98 Å². The summed E-state index contributed by atoms with van der Waals surface area (Å²) in [5.74, 6) is 0. The molecule has 3 nitrogen and oxygen atoms in total. The Kier molecular flexibility index (Phi) is 6.49. The predicted molar refractivity (Wildman–Crippen MR) is 210 cm³/mol. The summed E-state index contributed by atoms with van der Waals surface area (Å²) in [6, 6.07) is 62.6. The Labute approximate surface area is 289 Å². The maximum Gasteiger partial charge on any atom is 0.159 e. The molecule has 0 fully saturated rings. The van der Waals surface area contributed by atoms with E-state index in [0.29, 0.717) is 0 Å². The van der Waals surface area contributed by atoms with E-state index in [-0.39, 0.29) is 0 Å². The molecule has 0 N–H and O–H groups in total. The molecule has 0 aliphatic carbocycles. The zero-order chi connectivity index (χ0) is 33.0. The molecule has 0 bridgehead atoms. The Morgan fingerprint density at radius 3 is 1.92 bits per heavy atom. The minimum Gasteiger partial charge on any atom is -0.453 e. The first-order valence-electron chi connectivity index (χ1n) is 17.0. The van der Waals surface area contributed by atoms with Gasteiger partial charge >= 0.3 is 0 Å². The number of para-hydroxylation sites is 2. The summed E-state index contributed by atoms with van der Waals surface area (Å²) < 4.78 is 6.87. The van der Waals surface area contributed by atoms with E-state index < -0.39 is 0 Å². The summed E-state index contributed by atoms with van der Waals surface area (Å²) in [5.41, 5.74) is 10.3. The Morgan fingerprint density at radius 1 is 0.400 bits per heavy atom. The molecule has 10 aromatic rings. The maximum absolute atomic E-state index is 6.87. The van der Waals surface area contributed by atoms with Crippen LogP contribution in [0.2, 0.25) is 0 Å². The first-order valence-corrected chi connectivity index (χ1v) is 17.0. The number of hydrogen-bond acceptors (Lipinski definition) is 3. The van der Waals surface area contributed by atoms with Gasteiger partial charge in [0.2, 0.25) is 0 Å². The SMILES string of the molecule is c1cc(-c2ccc3ccccc3c2)cc(N(c2cccc(-c3cccc4ccccc34)c2)c2cccc3c2oc2c4ccccc4ncc32)c1. The summed E-state index contributed by atoms with van der Waals surface area (Å²) in [6.07, 6.45) is 1.94. The molecule has 0 aliphatic rings. The summed E-state index contributed by atoms with van der Waals surface area (Å²) in [7, 11) is 0. The number of pyridine rings is 1. The Bertz CT molecular complexity index is 2900. The Hall–Kier alpha value is -6.71. The van der Waals surface area contributed by atoms with Crippen molar-refractivity contribution in [2.45, 2.75) is 0 Å². The van der Waals surface area contributed by atoms with E-state index in [9.17, 15) is 0 Å². The number of anilines is 3. The monoisotopic (exact) mass is 638 g/mol. The number of fused-ring (bicyclic) bond motifs is 7. The van der Waals surface area contributed by atoms with Crippen LogP contribution in [0.25, 0.3) is 76.6 Å². The molecule has 2 heterocycles. The zero-order valence-electron chi connectivity index (χ0n) is 27.1. The van der Waals surface area contributed by atoms with Crippen LogP contribution in [0.3, 0.4) is 0 Å². The van der Waals surface area contributed by atoms with Crippen LogP contribution < -0.4 is 4.90 Å². The molecule has 0 spiro atoms. The van der Waals surface area contributed by atoms with Gasteiger partial charge in [-0.3, -0.25) is 4.98 Å². The van der Waals surface area contributed by atoms with Gasteiger partial charge in [-0.2, -0.15) is 0 Å². The molecule has 0 saturated heterocycles. The molecule has 50 heavy (non-hydrogen) atoms. The van der Waals surface area contributed by atoms with E-state index in [4.69, 9.17) is 9.40 Å². The van der Waals surface area contributed by atoms with Gasteiger partial charge in [0.25, 0.3) is 0 Å². The van der Waals surface area contributed by atoms with Crippen LogP contribution in [0.1, 0.15) is 0 Å². The number of benzene rings is 8. The number of furan rings is 1. The summed E-state index contributed by atoms with van der Waals surface area (Å²) >= 11 is 0. The van der Waals surface area contributed by atoms with Crippen LogP contribution in [-0.4, -0.2) is 4.98 Å². The quantitative estimate of drug-likeness (QED) is 0.188. The van der Waals surface area contributed by atoms with Crippen molar-refractivity contribution >= 4 is 71.4 Å². The van der Waals surface area contributed by atoms with Gasteiger partial charge in [-0.25, -0.2) is 0 Å². The van der Waals surface area contributed by atoms with Gasteiger partial charge < -0.3 is 9.32 Å².